The third kappa shape index (κ3) is 2.93. The molecule has 0 saturated heterocycles. The molecular weight excluding hydrogens is 274 g/mol. The fourth-order valence-corrected chi connectivity index (χ4v) is 1.96. The van der Waals surface area contributed by atoms with Crippen molar-refractivity contribution in [1.82, 2.24) is 9.97 Å². The molecule has 0 radical (unpaired) electrons. The van der Waals surface area contributed by atoms with Gasteiger partial charge in [0.15, 0.2) is 0 Å². The van der Waals surface area contributed by atoms with Crippen molar-refractivity contribution in [3.05, 3.63) is 30.1 Å². The zero-order valence-corrected chi connectivity index (χ0v) is 11.6. The lowest BCUT2D eigenvalue weighted by molar-refractivity contribution is 0.0684. The molecule has 0 aliphatic carbocycles. The topological polar surface area (TPSA) is 116 Å². The number of carbonyl (C=O) groups is 1. The van der Waals surface area contributed by atoms with E-state index in [1.54, 1.807) is 31.2 Å². The quantitative estimate of drug-likeness (QED) is 0.624. The summed E-state index contributed by atoms with van der Waals surface area (Å²) in [6.45, 7) is 1.20. The Balaban J connectivity index is 2.58. The molecule has 0 amide bonds. The van der Waals surface area contributed by atoms with Crippen molar-refractivity contribution in [3.8, 4) is 0 Å². The number of para-hydroxylation sites is 1. The molecule has 1 heterocycles. The van der Waals surface area contributed by atoms with Crippen LogP contribution in [0.4, 0.5) is 5.82 Å². The predicted molar refractivity (Wildman–Crippen MR) is 77.3 cm³/mol. The maximum atomic E-state index is 11.1. The van der Waals surface area contributed by atoms with Crippen LogP contribution in [0.25, 0.3) is 10.9 Å². The van der Waals surface area contributed by atoms with Crippen LogP contribution in [0.2, 0.25) is 0 Å². The second-order valence-electron chi connectivity index (χ2n) is 4.79. The van der Waals surface area contributed by atoms with Gasteiger partial charge in [0, 0.05) is 5.39 Å². The molecule has 2 rings (SSSR count). The van der Waals surface area contributed by atoms with E-state index in [0.717, 1.165) is 0 Å². The first-order valence-electron chi connectivity index (χ1n) is 6.55. The molecule has 7 nitrogen and oxygen atoms in total. The number of aromatic nitrogens is 2. The first-order chi connectivity index (χ1) is 10.0. The van der Waals surface area contributed by atoms with Gasteiger partial charge in [0.1, 0.15) is 5.82 Å². The monoisotopic (exact) mass is 291 g/mol. The van der Waals surface area contributed by atoms with Gasteiger partial charge >= 0.3 is 5.97 Å². The normalized spacial score (nSPS) is 11.6. The van der Waals surface area contributed by atoms with Crippen LogP contribution in [0.1, 0.15) is 24.0 Å². The molecule has 0 spiro atoms. The lowest BCUT2D eigenvalue weighted by Crippen LogP contribution is -2.45. The van der Waals surface area contributed by atoms with E-state index >= 15 is 0 Å². The number of aromatic carboxylic acids is 1. The molecule has 2 aromatic rings. The lowest BCUT2D eigenvalue weighted by Gasteiger charge is -2.30. The number of nitrogens with one attached hydrogen (secondary N) is 1. The van der Waals surface area contributed by atoms with Crippen molar-refractivity contribution >= 4 is 22.7 Å². The minimum atomic E-state index is -1.24. The van der Waals surface area contributed by atoms with E-state index in [0.29, 0.717) is 17.3 Å². The number of aliphatic hydroxyl groups is 2. The van der Waals surface area contributed by atoms with Crippen molar-refractivity contribution in [2.45, 2.75) is 18.9 Å². The van der Waals surface area contributed by atoms with Crippen LogP contribution >= 0.6 is 0 Å². The van der Waals surface area contributed by atoms with Crippen molar-refractivity contribution in [1.29, 1.82) is 0 Å². The van der Waals surface area contributed by atoms with Crippen molar-refractivity contribution in [2.24, 2.45) is 0 Å². The van der Waals surface area contributed by atoms with E-state index in [1.807, 2.05) is 0 Å². The predicted octanol–water partition coefficient (Wildman–Crippen LogP) is 0.873. The van der Waals surface area contributed by atoms with Crippen molar-refractivity contribution in [2.75, 3.05) is 18.5 Å². The number of rotatable bonds is 6. The number of fused-ring (bicyclic) bond motifs is 1. The van der Waals surface area contributed by atoms with Crippen LogP contribution in [0, 0.1) is 0 Å². The van der Waals surface area contributed by atoms with E-state index in [1.165, 1.54) is 0 Å². The summed E-state index contributed by atoms with van der Waals surface area (Å²) in [4.78, 5) is 19.1. The summed E-state index contributed by atoms with van der Waals surface area (Å²) in [5, 5.41) is 31.7. The van der Waals surface area contributed by atoms with Gasteiger partial charge in [-0.1, -0.05) is 19.1 Å². The standard InChI is InChI=1S/C14H17N3O4/c1-2-14(7-18,8-19)17-11-9-5-3-4-6-10(9)15-12(16-11)13(20)21/h3-6,18-19H,2,7-8H2,1H3,(H,20,21)(H,15,16,17). The zero-order valence-electron chi connectivity index (χ0n) is 11.6. The fourth-order valence-electron chi connectivity index (χ4n) is 1.96. The largest absolute Gasteiger partial charge is 0.475 e. The Kier molecular flexibility index (Phi) is 4.35. The number of hydrogen-bond acceptors (Lipinski definition) is 6. The highest BCUT2D eigenvalue weighted by Gasteiger charge is 2.28. The zero-order chi connectivity index (χ0) is 15.5. The van der Waals surface area contributed by atoms with Gasteiger partial charge in [-0.2, -0.15) is 0 Å². The Bertz CT molecular complexity index is 647. The number of nitrogens with zero attached hydrogens (tertiary/aromatic N) is 2. The molecule has 1 aromatic heterocycles. The summed E-state index contributed by atoms with van der Waals surface area (Å²) in [5.74, 6) is -1.29. The van der Waals surface area contributed by atoms with E-state index < -0.39 is 11.5 Å². The van der Waals surface area contributed by atoms with Gasteiger partial charge in [0.2, 0.25) is 5.82 Å². The van der Waals surface area contributed by atoms with E-state index in [-0.39, 0.29) is 24.9 Å². The highest BCUT2D eigenvalue weighted by Crippen LogP contribution is 2.24. The first-order valence-corrected chi connectivity index (χ1v) is 6.55. The Morgan fingerprint density at radius 2 is 1.90 bits per heavy atom. The smallest absolute Gasteiger partial charge is 0.374 e. The van der Waals surface area contributed by atoms with Crippen molar-refractivity contribution in [3.63, 3.8) is 0 Å². The third-order valence-electron chi connectivity index (χ3n) is 3.46. The van der Waals surface area contributed by atoms with Crippen molar-refractivity contribution < 1.29 is 20.1 Å². The Morgan fingerprint density at radius 1 is 1.24 bits per heavy atom. The number of anilines is 1. The van der Waals surface area contributed by atoms with Gasteiger partial charge in [-0.15, -0.1) is 0 Å². The SMILES string of the molecule is CCC(CO)(CO)Nc1nc(C(=O)O)nc2ccccc12. The summed E-state index contributed by atoms with van der Waals surface area (Å²) >= 11 is 0. The molecular formula is C14H17N3O4. The van der Waals surface area contributed by atoms with Gasteiger partial charge in [0.05, 0.1) is 24.3 Å². The Morgan fingerprint density at radius 3 is 2.48 bits per heavy atom. The molecule has 4 N–H and O–H groups in total. The van der Waals surface area contributed by atoms with Crippen LogP contribution in [0.15, 0.2) is 24.3 Å². The summed E-state index contributed by atoms with van der Waals surface area (Å²) in [5.41, 5.74) is -0.485. The average molecular weight is 291 g/mol. The first kappa shape index (κ1) is 15.1. The lowest BCUT2D eigenvalue weighted by atomic mass is 9.98. The molecule has 7 heteroatoms. The highest BCUT2D eigenvalue weighted by molar-refractivity contribution is 5.93. The molecule has 112 valence electrons. The average Bonchev–Trinajstić information content (AvgIpc) is 2.52. The molecule has 0 atom stereocenters. The van der Waals surface area contributed by atoms with E-state index in [2.05, 4.69) is 15.3 Å². The van der Waals surface area contributed by atoms with E-state index in [4.69, 9.17) is 5.11 Å². The van der Waals surface area contributed by atoms with Gasteiger partial charge in [-0.25, -0.2) is 14.8 Å². The van der Waals surface area contributed by atoms with Crippen LogP contribution < -0.4 is 5.32 Å². The van der Waals surface area contributed by atoms with Gasteiger partial charge in [-0.3, -0.25) is 0 Å². The van der Waals surface area contributed by atoms with Crippen LogP contribution in [-0.4, -0.2) is 50.0 Å². The highest BCUT2D eigenvalue weighted by atomic mass is 16.4. The third-order valence-corrected chi connectivity index (χ3v) is 3.46. The number of benzene rings is 1. The maximum absolute atomic E-state index is 11.1. The molecule has 1 aromatic carbocycles. The van der Waals surface area contributed by atoms with Crippen LogP contribution in [-0.2, 0) is 0 Å². The Hall–Kier alpha value is -2.25. The minimum Gasteiger partial charge on any atom is -0.475 e. The number of carboxylic acid groups (broad SMARTS) is 1. The van der Waals surface area contributed by atoms with Gasteiger partial charge in [-0.05, 0) is 18.6 Å². The second-order valence-corrected chi connectivity index (χ2v) is 4.79. The molecule has 0 unspecified atom stereocenters. The minimum absolute atomic E-state index is 0.281. The van der Waals surface area contributed by atoms with Crippen LogP contribution in [0.3, 0.4) is 0 Å². The van der Waals surface area contributed by atoms with Gasteiger partial charge in [0.25, 0.3) is 0 Å². The Labute approximate surface area is 121 Å². The molecule has 0 saturated carbocycles. The molecule has 0 fully saturated rings. The molecule has 0 aliphatic heterocycles. The maximum Gasteiger partial charge on any atom is 0.374 e. The number of aliphatic hydroxyl groups excluding tert-OH is 2. The second kappa shape index (κ2) is 6.02. The molecule has 21 heavy (non-hydrogen) atoms. The van der Waals surface area contributed by atoms with E-state index in [9.17, 15) is 15.0 Å². The summed E-state index contributed by atoms with van der Waals surface area (Å²) < 4.78 is 0. The molecule has 0 bridgehead atoms. The van der Waals surface area contributed by atoms with Gasteiger partial charge < -0.3 is 20.6 Å². The fraction of sp³-hybridized carbons (Fsp3) is 0.357. The summed E-state index contributed by atoms with van der Waals surface area (Å²) in [7, 11) is 0. The number of carboxylic acids is 1. The number of hydrogen-bond donors (Lipinski definition) is 4. The van der Waals surface area contributed by atoms with Crippen LogP contribution in [0.5, 0.6) is 0 Å². The molecule has 0 aliphatic rings. The summed E-state index contributed by atoms with van der Waals surface area (Å²) in [6.07, 6.45) is 0.445. The summed E-state index contributed by atoms with van der Waals surface area (Å²) in [6, 6.07) is 6.96.